The zero-order valence-corrected chi connectivity index (χ0v) is 8.72. The molecule has 6 nitrogen and oxygen atoms in total. The standard InChI is InChI=1S/C6H7ClN2O4S/c1-2-13-6(10)4-3-8-9-5(4)14(7,11)12/h3H,2H2,1H3,(H,8,9). The van der Waals surface area contributed by atoms with E-state index in [9.17, 15) is 13.2 Å². The van der Waals surface area contributed by atoms with Crippen LogP contribution in [-0.4, -0.2) is 31.2 Å². The second-order valence-electron chi connectivity index (χ2n) is 2.26. The van der Waals surface area contributed by atoms with Crippen molar-refractivity contribution in [2.24, 2.45) is 0 Å². The van der Waals surface area contributed by atoms with Gasteiger partial charge in [-0.2, -0.15) is 5.10 Å². The molecule has 1 aromatic rings. The fraction of sp³-hybridized carbons (Fsp3) is 0.333. The van der Waals surface area contributed by atoms with Crippen LogP contribution in [0.25, 0.3) is 0 Å². The van der Waals surface area contributed by atoms with Crippen LogP contribution >= 0.6 is 10.7 Å². The summed E-state index contributed by atoms with van der Waals surface area (Å²) in [6.07, 6.45) is 1.12. The van der Waals surface area contributed by atoms with Crippen molar-refractivity contribution in [3.8, 4) is 0 Å². The number of aromatic amines is 1. The van der Waals surface area contributed by atoms with Gasteiger partial charge in [-0.25, -0.2) is 13.2 Å². The molecule has 0 aliphatic carbocycles. The van der Waals surface area contributed by atoms with Crippen molar-refractivity contribution in [3.05, 3.63) is 11.8 Å². The number of ether oxygens (including phenoxy) is 1. The lowest BCUT2D eigenvalue weighted by molar-refractivity contribution is 0.0522. The predicted octanol–water partition coefficient (Wildman–Crippen LogP) is 0.514. The Hall–Kier alpha value is -1.08. The molecule has 0 atom stereocenters. The van der Waals surface area contributed by atoms with Crippen LogP contribution in [0.4, 0.5) is 0 Å². The van der Waals surface area contributed by atoms with E-state index >= 15 is 0 Å². The zero-order valence-electron chi connectivity index (χ0n) is 7.15. The summed E-state index contributed by atoms with van der Waals surface area (Å²) in [6, 6.07) is 0. The maximum Gasteiger partial charge on any atom is 0.342 e. The Labute approximate surface area is 84.6 Å². The summed E-state index contributed by atoms with van der Waals surface area (Å²) in [7, 11) is 1.01. The van der Waals surface area contributed by atoms with E-state index < -0.39 is 20.0 Å². The van der Waals surface area contributed by atoms with Crippen LogP contribution < -0.4 is 0 Å². The van der Waals surface area contributed by atoms with Crippen LogP contribution in [0.5, 0.6) is 0 Å². The van der Waals surface area contributed by atoms with E-state index in [4.69, 9.17) is 10.7 Å². The lowest BCUT2D eigenvalue weighted by atomic mass is 10.4. The normalized spacial score (nSPS) is 11.3. The number of nitrogens with one attached hydrogen (secondary N) is 1. The van der Waals surface area contributed by atoms with Crippen molar-refractivity contribution in [2.45, 2.75) is 11.9 Å². The molecule has 1 N–H and O–H groups in total. The Bertz CT molecular complexity index is 438. The Morgan fingerprint density at radius 2 is 2.36 bits per heavy atom. The third-order valence-corrected chi connectivity index (χ3v) is 2.54. The topological polar surface area (TPSA) is 89.1 Å². The molecule has 0 aromatic carbocycles. The molecular weight excluding hydrogens is 232 g/mol. The van der Waals surface area contributed by atoms with Gasteiger partial charge in [-0.1, -0.05) is 0 Å². The molecule has 0 aliphatic heterocycles. The zero-order chi connectivity index (χ0) is 10.8. The van der Waals surface area contributed by atoms with E-state index in [1.165, 1.54) is 0 Å². The number of carbonyl (C=O) groups is 1. The van der Waals surface area contributed by atoms with Gasteiger partial charge in [0.2, 0.25) is 5.03 Å². The Morgan fingerprint density at radius 3 is 2.86 bits per heavy atom. The number of hydrogen-bond acceptors (Lipinski definition) is 5. The fourth-order valence-corrected chi connectivity index (χ4v) is 1.74. The van der Waals surface area contributed by atoms with Gasteiger partial charge in [0.1, 0.15) is 5.56 Å². The minimum absolute atomic E-state index is 0.145. The SMILES string of the molecule is CCOC(=O)c1c[nH]nc1S(=O)(=O)Cl. The molecule has 14 heavy (non-hydrogen) atoms. The third kappa shape index (κ3) is 2.24. The van der Waals surface area contributed by atoms with Crippen molar-refractivity contribution in [2.75, 3.05) is 6.61 Å². The first-order valence-electron chi connectivity index (χ1n) is 3.62. The van der Waals surface area contributed by atoms with Crippen LogP contribution in [0.3, 0.4) is 0 Å². The summed E-state index contributed by atoms with van der Waals surface area (Å²) in [6.45, 7) is 1.75. The molecule has 0 saturated heterocycles. The second kappa shape index (κ2) is 3.97. The minimum atomic E-state index is -4.02. The number of nitrogens with zero attached hydrogens (tertiary/aromatic N) is 1. The van der Waals surface area contributed by atoms with Gasteiger partial charge in [-0.15, -0.1) is 0 Å². The lowest BCUT2D eigenvalue weighted by Crippen LogP contribution is -2.07. The van der Waals surface area contributed by atoms with Gasteiger partial charge in [0.05, 0.1) is 6.61 Å². The average Bonchev–Trinajstić information content (AvgIpc) is 2.50. The molecule has 0 bridgehead atoms. The van der Waals surface area contributed by atoms with Gasteiger partial charge in [-0.05, 0) is 6.92 Å². The summed E-state index contributed by atoms with van der Waals surface area (Å²) in [5.41, 5.74) is -0.193. The van der Waals surface area contributed by atoms with Crippen molar-refractivity contribution >= 4 is 25.7 Å². The van der Waals surface area contributed by atoms with Gasteiger partial charge in [0, 0.05) is 16.9 Å². The van der Waals surface area contributed by atoms with Crippen LogP contribution in [0.1, 0.15) is 17.3 Å². The molecule has 8 heteroatoms. The fourth-order valence-electron chi connectivity index (χ4n) is 0.818. The van der Waals surface area contributed by atoms with Crippen LogP contribution in [0.2, 0.25) is 0 Å². The molecule has 0 fully saturated rings. The van der Waals surface area contributed by atoms with E-state index in [0.717, 1.165) is 6.20 Å². The highest BCUT2D eigenvalue weighted by molar-refractivity contribution is 8.13. The van der Waals surface area contributed by atoms with E-state index in [-0.39, 0.29) is 12.2 Å². The maximum absolute atomic E-state index is 11.2. The number of rotatable bonds is 3. The number of esters is 1. The van der Waals surface area contributed by atoms with Gasteiger partial charge in [0.25, 0.3) is 9.05 Å². The number of carbonyl (C=O) groups excluding carboxylic acids is 1. The second-order valence-corrected chi connectivity index (χ2v) is 4.74. The van der Waals surface area contributed by atoms with Crippen molar-refractivity contribution in [1.82, 2.24) is 10.2 Å². The monoisotopic (exact) mass is 238 g/mol. The number of H-pyrrole nitrogens is 1. The van der Waals surface area contributed by atoms with E-state index in [1.807, 2.05) is 0 Å². The molecule has 0 aliphatic rings. The molecule has 0 saturated carbocycles. The molecule has 1 aromatic heterocycles. The maximum atomic E-state index is 11.2. The summed E-state index contributed by atoms with van der Waals surface area (Å²) in [5, 5.41) is 5.06. The van der Waals surface area contributed by atoms with Gasteiger partial charge >= 0.3 is 5.97 Å². The Kier molecular flexibility index (Phi) is 3.12. The summed E-state index contributed by atoms with van der Waals surface area (Å²) >= 11 is 0. The highest BCUT2D eigenvalue weighted by Gasteiger charge is 2.24. The van der Waals surface area contributed by atoms with Crippen LogP contribution in [0.15, 0.2) is 11.2 Å². The highest BCUT2D eigenvalue weighted by atomic mass is 35.7. The summed E-state index contributed by atoms with van der Waals surface area (Å²) in [4.78, 5) is 11.2. The Morgan fingerprint density at radius 1 is 1.71 bits per heavy atom. The number of aromatic nitrogens is 2. The van der Waals surface area contributed by atoms with E-state index in [1.54, 1.807) is 6.92 Å². The van der Waals surface area contributed by atoms with Crippen molar-refractivity contribution in [3.63, 3.8) is 0 Å². The van der Waals surface area contributed by atoms with E-state index in [2.05, 4.69) is 14.9 Å². The first kappa shape index (κ1) is 11.0. The van der Waals surface area contributed by atoms with Gasteiger partial charge in [0.15, 0.2) is 0 Å². The van der Waals surface area contributed by atoms with Gasteiger partial charge in [-0.3, -0.25) is 5.10 Å². The van der Waals surface area contributed by atoms with Crippen LogP contribution in [0, 0.1) is 0 Å². The van der Waals surface area contributed by atoms with Crippen LogP contribution in [-0.2, 0) is 13.8 Å². The molecule has 0 unspecified atom stereocenters. The van der Waals surface area contributed by atoms with Crippen molar-refractivity contribution in [1.29, 1.82) is 0 Å². The molecule has 1 rings (SSSR count). The van der Waals surface area contributed by atoms with Gasteiger partial charge < -0.3 is 4.74 Å². The predicted molar refractivity (Wildman–Crippen MR) is 47.6 cm³/mol. The molecule has 78 valence electrons. The minimum Gasteiger partial charge on any atom is -0.462 e. The van der Waals surface area contributed by atoms with Crippen molar-refractivity contribution < 1.29 is 17.9 Å². The highest BCUT2D eigenvalue weighted by Crippen LogP contribution is 2.17. The molecule has 0 amide bonds. The summed E-state index contributed by atoms with van der Waals surface area (Å²) in [5.74, 6) is -0.777. The number of halogens is 1. The lowest BCUT2D eigenvalue weighted by Gasteiger charge is -1.98. The molecule has 0 radical (unpaired) electrons. The third-order valence-electron chi connectivity index (χ3n) is 1.33. The largest absolute Gasteiger partial charge is 0.462 e. The average molecular weight is 239 g/mol. The quantitative estimate of drug-likeness (QED) is 0.612. The molecule has 0 spiro atoms. The first-order chi connectivity index (χ1) is 6.46. The molecular formula is C6H7ClN2O4S. The number of hydrogen-bond donors (Lipinski definition) is 1. The smallest absolute Gasteiger partial charge is 0.342 e. The summed E-state index contributed by atoms with van der Waals surface area (Å²) < 4.78 is 26.4. The molecule has 1 heterocycles. The Balaban J connectivity index is 3.12. The van der Waals surface area contributed by atoms with E-state index in [0.29, 0.717) is 0 Å². The first-order valence-corrected chi connectivity index (χ1v) is 5.93.